The van der Waals surface area contributed by atoms with Crippen LogP contribution in [0.5, 0.6) is 5.75 Å². The van der Waals surface area contributed by atoms with Gasteiger partial charge in [-0.05, 0) is 73.2 Å². The molecule has 2 heterocycles. The zero-order valence-electron chi connectivity index (χ0n) is 23.5. The monoisotopic (exact) mass is 529 g/mol. The smallest absolute Gasteiger partial charge is 0.209 e. The Bertz CT molecular complexity index is 1470. The zero-order valence-corrected chi connectivity index (χ0v) is 24.3. The molecule has 0 aromatic heterocycles. The lowest BCUT2D eigenvalue weighted by atomic mass is 9.81. The summed E-state index contributed by atoms with van der Waals surface area (Å²) in [7, 11) is 5.95. The van der Waals surface area contributed by atoms with Crippen LogP contribution in [0.3, 0.4) is 0 Å². The van der Waals surface area contributed by atoms with Gasteiger partial charge in [0.1, 0.15) is 12.8 Å². The van der Waals surface area contributed by atoms with E-state index >= 15 is 0 Å². The number of benzene rings is 2. The fourth-order valence-electron chi connectivity index (χ4n) is 6.29. The first-order valence-electron chi connectivity index (χ1n) is 13.3. The van der Waals surface area contributed by atoms with Gasteiger partial charge in [-0.3, -0.25) is 0 Å². The normalized spacial score (nSPS) is 21.9. The molecule has 2 aromatic rings. The van der Waals surface area contributed by atoms with Crippen molar-refractivity contribution in [2.75, 3.05) is 26.1 Å². The molecule has 0 unspecified atom stereocenters. The Morgan fingerprint density at radius 2 is 1.76 bits per heavy atom. The number of fused-ring (bicyclic) bond motifs is 2. The van der Waals surface area contributed by atoms with Gasteiger partial charge < -0.3 is 14.7 Å². The standard InChI is InChI=1S/C33H38ClN2O2/c1-32(2)25-18-21(20-37)8-14-27(25)35(5)29(32)16-11-22-9-10-23(31(22)34)12-17-30-33(3,4)26-19-24(38-7)13-15-28(26)36(30)6/h8,11-19,37H,9-10,20H2,1-7H3/q+1. The number of methoxy groups -OCH3 is 1. The number of ether oxygens (including phenoxy) is 1. The van der Waals surface area contributed by atoms with E-state index < -0.39 is 0 Å². The molecule has 0 radical (unpaired) electrons. The molecule has 3 aliphatic rings. The Kier molecular flexibility index (Phi) is 6.69. The fraction of sp³-hybridized carbons (Fsp3) is 0.364. The van der Waals surface area contributed by atoms with Crippen molar-refractivity contribution in [1.29, 1.82) is 0 Å². The molecule has 1 aliphatic carbocycles. The predicted octanol–water partition coefficient (Wildman–Crippen LogP) is 7.27. The lowest BCUT2D eigenvalue weighted by Crippen LogP contribution is -2.26. The quantitative estimate of drug-likeness (QED) is 0.413. The molecule has 0 saturated carbocycles. The highest BCUT2D eigenvalue weighted by atomic mass is 35.5. The second kappa shape index (κ2) is 9.59. The molecule has 2 aromatic carbocycles. The molecule has 1 N–H and O–H groups in total. The van der Waals surface area contributed by atoms with Crippen molar-refractivity contribution < 1.29 is 14.4 Å². The number of anilines is 1. The van der Waals surface area contributed by atoms with Crippen molar-refractivity contribution in [2.24, 2.45) is 0 Å². The molecule has 198 valence electrons. The molecule has 0 spiro atoms. The van der Waals surface area contributed by atoms with E-state index in [0.717, 1.165) is 29.2 Å². The summed E-state index contributed by atoms with van der Waals surface area (Å²) in [5.41, 5.74) is 10.4. The Morgan fingerprint density at radius 1 is 1.00 bits per heavy atom. The maximum absolute atomic E-state index is 9.62. The third-order valence-electron chi connectivity index (χ3n) is 8.63. The molecule has 0 amide bonds. The largest absolute Gasteiger partial charge is 0.497 e. The number of halogens is 1. The Balaban J connectivity index is 1.42. The van der Waals surface area contributed by atoms with Gasteiger partial charge >= 0.3 is 0 Å². The van der Waals surface area contributed by atoms with E-state index in [1.807, 2.05) is 12.1 Å². The van der Waals surface area contributed by atoms with Gasteiger partial charge in [-0.2, -0.15) is 4.58 Å². The lowest BCUT2D eigenvalue weighted by Gasteiger charge is -2.24. The van der Waals surface area contributed by atoms with E-state index in [2.05, 4.69) is 99.8 Å². The average Bonchev–Trinajstić information content (AvgIpc) is 3.41. The van der Waals surface area contributed by atoms with Crippen LogP contribution in [0.2, 0.25) is 0 Å². The van der Waals surface area contributed by atoms with Crippen LogP contribution in [0.1, 0.15) is 57.2 Å². The molecule has 0 atom stereocenters. The van der Waals surface area contributed by atoms with Crippen molar-refractivity contribution >= 4 is 28.7 Å². The van der Waals surface area contributed by atoms with Crippen LogP contribution >= 0.6 is 11.6 Å². The van der Waals surface area contributed by atoms with Gasteiger partial charge in [0.05, 0.1) is 19.1 Å². The summed E-state index contributed by atoms with van der Waals surface area (Å²) in [5, 5.41) is 10.5. The van der Waals surface area contributed by atoms with E-state index in [-0.39, 0.29) is 17.4 Å². The summed E-state index contributed by atoms with van der Waals surface area (Å²) in [4.78, 5) is 2.25. The van der Waals surface area contributed by atoms with Gasteiger partial charge in [0.15, 0.2) is 5.71 Å². The Hall–Kier alpha value is -3.08. The summed E-state index contributed by atoms with van der Waals surface area (Å²) in [6.45, 7) is 9.06. The molecule has 5 rings (SSSR count). The number of allylic oxidation sites excluding steroid dienone is 8. The molecular weight excluding hydrogens is 492 g/mol. The number of rotatable bonds is 5. The fourth-order valence-corrected chi connectivity index (χ4v) is 6.61. The number of aliphatic hydroxyl groups excluding tert-OH is 1. The highest BCUT2D eigenvalue weighted by molar-refractivity contribution is 6.33. The van der Waals surface area contributed by atoms with E-state index in [1.54, 1.807) is 7.11 Å². The molecule has 2 aliphatic heterocycles. The van der Waals surface area contributed by atoms with Crippen LogP contribution in [0.25, 0.3) is 0 Å². The van der Waals surface area contributed by atoms with Crippen LogP contribution in [0.4, 0.5) is 11.4 Å². The van der Waals surface area contributed by atoms with Gasteiger partial charge in [0, 0.05) is 46.6 Å². The van der Waals surface area contributed by atoms with E-state index in [4.69, 9.17) is 16.3 Å². The van der Waals surface area contributed by atoms with Crippen LogP contribution in [0, 0.1) is 0 Å². The zero-order chi connectivity index (χ0) is 27.4. The molecule has 0 bridgehead atoms. The third kappa shape index (κ3) is 4.15. The number of hydrogen-bond acceptors (Lipinski definition) is 3. The minimum atomic E-state index is -0.156. The van der Waals surface area contributed by atoms with E-state index in [0.29, 0.717) is 0 Å². The minimum Gasteiger partial charge on any atom is -0.497 e. The van der Waals surface area contributed by atoms with Crippen LogP contribution in [-0.2, 0) is 17.4 Å². The maximum atomic E-state index is 9.62. The molecule has 4 nitrogen and oxygen atoms in total. The van der Waals surface area contributed by atoms with Crippen molar-refractivity contribution in [2.45, 2.75) is 58.0 Å². The summed E-state index contributed by atoms with van der Waals surface area (Å²) < 4.78 is 7.76. The van der Waals surface area contributed by atoms with Crippen molar-refractivity contribution in [3.63, 3.8) is 0 Å². The van der Waals surface area contributed by atoms with Crippen molar-refractivity contribution in [1.82, 2.24) is 0 Å². The third-order valence-corrected chi connectivity index (χ3v) is 9.12. The number of nitrogens with zero attached hydrogens (tertiary/aromatic N) is 2. The Labute approximate surface area is 231 Å². The predicted molar refractivity (Wildman–Crippen MR) is 158 cm³/mol. The van der Waals surface area contributed by atoms with Gasteiger partial charge in [-0.25, -0.2) is 0 Å². The first-order chi connectivity index (χ1) is 18.0. The maximum Gasteiger partial charge on any atom is 0.209 e. The number of hydrogen-bond donors (Lipinski definition) is 1. The number of likely N-dealkylation sites (N-methyl/N-ethyl adjacent to an activating group) is 1. The van der Waals surface area contributed by atoms with Crippen molar-refractivity contribution in [3.05, 3.63) is 99.3 Å². The van der Waals surface area contributed by atoms with E-state index in [1.165, 1.54) is 45.1 Å². The van der Waals surface area contributed by atoms with Crippen LogP contribution in [-0.4, -0.2) is 36.6 Å². The number of aliphatic hydroxyl groups is 1. The molecular formula is C33H38ClN2O2+. The van der Waals surface area contributed by atoms with Crippen LogP contribution < -0.4 is 9.64 Å². The topological polar surface area (TPSA) is 35.7 Å². The minimum absolute atomic E-state index is 0.0548. The van der Waals surface area contributed by atoms with E-state index in [9.17, 15) is 5.11 Å². The second-order valence-corrected chi connectivity index (χ2v) is 11.9. The average molecular weight is 530 g/mol. The lowest BCUT2D eigenvalue weighted by molar-refractivity contribution is -0.401. The Morgan fingerprint density at radius 3 is 2.47 bits per heavy atom. The van der Waals surface area contributed by atoms with Gasteiger partial charge in [-0.1, -0.05) is 49.7 Å². The molecule has 0 saturated heterocycles. The van der Waals surface area contributed by atoms with Gasteiger partial charge in [-0.15, -0.1) is 0 Å². The highest BCUT2D eigenvalue weighted by Gasteiger charge is 2.43. The summed E-state index contributed by atoms with van der Waals surface area (Å²) in [6, 6.07) is 12.5. The summed E-state index contributed by atoms with van der Waals surface area (Å²) >= 11 is 6.94. The van der Waals surface area contributed by atoms with Crippen molar-refractivity contribution in [3.8, 4) is 5.75 Å². The molecule has 38 heavy (non-hydrogen) atoms. The highest BCUT2D eigenvalue weighted by Crippen LogP contribution is 2.48. The van der Waals surface area contributed by atoms with Gasteiger partial charge in [0.25, 0.3) is 0 Å². The molecule has 0 fully saturated rings. The molecule has 5 heteroatoms. The summed E-state index contributed by atoms with van der Waals surface area (Å²) in [6.07, 6.45) is 10.7. The summed E-state index contributed by atoms with van der Waals surface area (Å²) in [5.74, 6) is 0.883. The van der Waals surface area contributed by atoms with Crippen LogP contribution in [0.15, 0.2) is 82.6 Å². The first kappa shape index (κ1) is 26.5. The second-order valence-electron chi connectivity index (χ2n) is 11.6. The van der Waals surface area contributed by atoms with Gasteiger partial charge in [0.2, 0.25) is 5.69 Å². The SMILES string of the molecule is COc1ccc2c(c1)C(C)(C)C(/C=C/C1=C(Cl)C(=C/C=C3/N(C)c4ccc(CO)cc4C3(C)C)/CC1)=[N+]2C. The first-order valence-corrected chi connectivity index (χ1v) is 13.6.